The third-order valence-corrected chi connectivity index (χ3v) is 3.31. The Morgan fingerprint density at radius 2 is 2.00 bits per heavy atom. The molecule has 0 fully saturated rings. The van der Waals surface area contributed by atoms with Crippen LogP contribution in [-0.4, -0.2) is 32.4 Å². The van der Waals surface area contributed by atoms with Crippen molar-refractivity contribution in [2.24, 2.45) is 12.8 Å². The summed E-state index contributed by atoms with van der Waals surface area (Å²) in [4.78, 5) is 14.8. The van der Waals surface area contributed by atoms with Gasteiger partial charge in [-0.2, -0.15) is 23.3 Å². The van der Waals surface area contributed by atoms with Gasteiger partial charge in [-0.05, 0) is 24.3 Å². The van der Waals surface area contributed by atoms with E-state index in [1.165, 1.54) is 7.05 Å². The largest absolute Gasteiger partial charge is 0.484 e. The first-order chi connectivity index (χ1) is 12.2. The van der Waals surface area contributed by atoms with Gasteiger partial charge in [0.25, 0.3) is 11.8 Å². The number of hydrogen-bond donors (Lipinski definition) is 1. The molecule has 0 spiro atoms. The van der Waals surface area contributed by atoms with Crippen LogP contribution in [-0.2, 0) is 18.0 Å². The minimum Gasteiger partial charge on any atom is -0.484 e. The first-order valence-corrected chi connectivity index (χ1v) is 7.21. The van der Waals surface area contributed by atoms with Gasteiger partial charge in [-0.15, -0.1) is 0 Å². The van der Waals surface area contributed by atoms with Gasteiger partial charge in [0.15, 0.2) is 12.3 Å². The molecule has 8 nitrogen and oxygen atoms in total. The highest BCUT2D eigenvalue weighted by molar-refractivity contribution is 5.75. The van der Waals surface area contributed by atoms with E-state index in [9.17, 15) is 18.0 Å². The van der Waals surface area contributed by atoms with Crippen LogP contribution in [0.25, 0.3) is 23.0 Å². The molecule has 0 aliphatic carbocycles. The second-order valence-electron chi connectivity index (χ2n) is 5.24. The van der Waals surface area contributed by atoms with Crippen LogP contribution in [0.4, 0.5) is 13.2 Å². The number of carbonyl (C=O) groups is 1. The number of nitrogens with two attached hydrogens (primary N) is 1. The van der Waals surface area contributed by atoms with Crippen LogP contribution in [0.15, 0.2) is 34.9 Å². The topological polar surface area (TPSA) is 109 Å². The van der Waals surface area contributed by atoms with Crippen LogP contribution in [0.2, 0.25) is 0 Å². The van der Waals surface area contributed by atoms with Crippen molar-refractivity contribution in [1.29, 1.82) is 0 Å². The van der Waals surface area contributed by atoms with Crippen molar-refractivity contribution in [1.82, 2.24) is 19.9 Å². The van der Waals surface area contributed by atoms with E-state index in [1.54, 1.807) is 24.3 Å². The van der Waals surface area contributed by atoms with Crippen LogP contribution in [0.5, 0.6) is 5.75 Å². The van der Waals surface area contributed by atoms with Crippen LogP contribution < -0.4 is 10.5 Å². The van der Waals surface area contributed by atoms with Gasteiger partial charge in [-0.3, -0.25) is 9.48 Å². The van der Waals surface area contributed by atoms with Crippen molar-refractivity contribution in [3.05, 3.63) is 36.0 Å². The van der Waals surface area contributed by atoms with Crippen LogP contribution >= 0.6 is 0 Å². The highest BCUT2D eigenvalue weighted by Gasteiger charge is 2.35. The molecule has 136 valence electrons. The number of rotatable bonds is 5. The summed E-state index contributed by atoms with van der Waals surface area (Å²) in [5.74, 6) is -0.111. The average Bonchev–Trinajstić information content (AvgIpc) is 3.19. The standard InChI is InChI=1S/C15H12F3N5O3/c1-23-10(6-11(21-23)15(16,17)18)14-20-13(22-26-14)8-2-4-9(5-3-8)25-7-12(19)24/h2-6H,7H2,1H3,(H2,19,24). The Hall–Kier alpha value is -3.37. The van der Waals surface area contributed by atoms with Crippen LogP contribution in [0, 0.1) is 0 Å². The summed E-state index contributed by atoms with van der Waals surface area (Å²) in [6.07, 6.45) is -4.57. The third kappa shape index (κ3) is 3.66. The average molecular weight is 367 g/mol. The van der Waals surface area contributed by atoms with Gasteiger partial charge in [0.1, 0.15) is 11.4 Å². The monoisotopic (exact) mass is 367 g/mol. The minimum atomic E-state index is -4.57. The van der Waals surface area contributed by atoms with Crippen molar-refractivity contribution in [2.45, 2.75) is 6.18 Å². The van der Waals surface area contributed by atoms with Gasteiger partial charge in [0, 0.05) is 18.7 Å². The SMILES string of the molecule is Cn1nc(C(F)(F)F)cc1-c1nc(-c2ccc(OCC(N)=O)cc2)no1. The van der Waals surface area contributed by atoms with Gasteiger partial charge in [-0.25, -0.2) is 0 Å². The highest BCUT2D eigenvalue weighted by atomic mass is 19.4. The lowest BCUT2D eigenvalue weighted by Crippen LogP contribution is -2.19. The summed E-state index contributed by atoms with van der Waals surface area (Å²) >= 11 is 0. The number of alkyl halides is 3. The molecule has 2 aromatic heterocycles. The number of hydrogen-bond acceptors (Lipinski definition) is 6. The quantitative estimate of drug-likeness (QED) is 0.739. The Balaban J connectivity index is 1.82. The third-order valence-electron chi connectivity index (χ3n) is 3.31. The number of benzene rings is 1. The summed E-state index contributed by atoms with van der Waals surface area (Å²) in [5.41, 5.74) is 4.52. The number of amides is 1. The molecule has 2 N–H and O–H groups in total. The van der Waals surface area contributed by atoms with E-state index in [4.69, 9.17) is 15.0 Å². The lowest BCUT2D eigenvalue weighted by Gasteiger charge is -2.03. The van der Waals surface area contributed by atoms with Crippen LogP contribution in [0.3, 0.4) is 0 Å². The second kappa shape index (κ2) is 6.50. The van der Waals surface area contributed by atoms with E-state index in [0.717, 1.165) is 10.7 Å². The lowest BCUT2D eigenvalue weighted by molar-refractivity contribution is -0.141. The maximum atomic E-state index is 12.7. The van der Waals surface area contributed by atoms with E-state index in [0.29, 0.717) is 11.3 Å². The van der Waals surface area contributed by atoms with Gasteiger partial charge in [0.2, 0.25) is 5.82 Å². The molecule has 0 bridgehead atoms. The molecule has 11 heteroatoms. The van der Waals surface area contributed by atoms with E-state index >= 15 is 0 Å². The molecule has 26 heavy (non-hydrogen) atoms. The number of aromatic nitrogens is 4. The van der Waals surface area contributed by atoms with Gasteiger partial charge < -0.3 is 15.0 Å². The first kappa shape index (κ1) is 17.5. The molecule has 0 radical (unpaired) electrons. The molecular formula is C15H12F3N5O3. The number of halogens is 3. The molecule has 0 aliphatic rings. The second-order valence-corrected chi connectivity index (χ2v) is 5.24. The molecule has 0 saturated carbocycles. The van der Waals surface area contributed by atoms with E-state index in [1.807, 2.05) is 0 Å². The Kier molecular flexibility index (Phi) is 4.36. The summed E-state index contributed by atoms with van der Waals surface area (Å²) in [7, 11) is 1.35. The van der Waals surface area contributed by atoms with Crippen molar-refractivity contribution in [3.63, 3.8) is 0 Å². The number of ether oxygens (including phenoxy) is 1. The maximum Gasteiger partial charge on any atom is 0.435 e. The lowest BCUT2D eigenvalue weighted by atomic mass is 10.2. The van der Waals surface area contributed by atoms with Gasteiger partial charge in [-0.1, -0.05) is 5.16 Å². The number of carbonyl (C=O) groups excluding carboxylic acids is 1. The molecule has 1 aromatic carbocycles. The Morgan fingerprint density at radius 3 is 2.58 bits per heavy atom. The Labute approximate surface area is 144 Å². The summed E-state index contributed by atoms with van der Waals surface area (Å²) in [6, 6.07) is 7.18. The maximum absolute atomic E-state index is 12.7. The number of aryl methyl sites for hydroxylation is 1. The number of primary amides is 1. The van der Waals surface area contributed by atoms with E-state index in [-0.39, 0.29) is 24.0 Å². The van der Waals surface area contributed by atoms with Crippen molar-refractivity contribution in [3.8, 4) is 28.7 Å². The van der Waals surface area contributed by atoms with Gasteiger partial charge in [0.05, 0.1) is 0 Å². The fourth-order valence-corrected chi connectivity index (χ4v) is 2.11. The fraction of sp³-hybridized carbons (Fsp3) is 0.200. The van der Waals surface area contributed by atoms with Crippen LogP contribution in [0.1, 0.15) is 5.69 Å². The summed E-state index contributed by atoms with van der Waals surface area (Å²) in [5, 5.41) is 7.15. The van der Waals surface area contributed by atoms with E-state index < -0.39 is 17.8 Å². The predicted octanol–water partition coefficient (Wildman–Crippen LogP) is 2.02. The normalized spacial score (nSPS) is 11.5. The summed E-state index contributed by atoms with van der Waals surface area (Å²) < 4.78 is 49.4. The Bertz CT molecular complexity index is 931. The molecule has 3 rings (SSSR count). The van der Waals surface area contributed by atoms with Gasteiger partial charge >= 0.3 is 6.18 Å². The molecule has 0 atom stereocenters. The molecule has 0 unspecified atom stereocenters. The Morgan fingerprint density at radius 1 is 1.31 bits per heavy atom. The molecule has 0 aliphatic heterocycles. The molecular weight excluding hydrogens is 355 g/mol. The molecule has 3 aromatic rings. The summed E-state index contributed by atoms with van der Waals surface area (Å²) in [6.45, 7) is -0.256. The molecule has 1 amide bonds. The molecule has 0 saturated heterocycles. The molecule has 2 heterocycles. The first-order valence-electron chi connectivity index (χ1n) is 7.21. The zero-order valence-electron chi connectivity index (χ0n) is 13.3. The zero-order valence-corrected chi connectivity index (χ0v) is 13.3. The van der Waals surface area contributed by atoms with Crippen molar-refractivity contribution in [2.75, 3.05) is 6.61 Å². The van der Waals surface area contributed by atoms with E-state index in [2.05, 4.69) is 15.2 Å². The minimum absolute atomic E-state index is 0.0393. The fourth-order valence-electron chi connectivity index (χ4n) is 2.11. The highest BCUT2D eigenvalue weighted by Crippen LogP contribution is 2.31. The van der Waals surface area contributed by atoms with Crippen molar-refractivity contribution < 1.29 is 27.2 Å². The number of nitrogens with zero attached hydrogens (tertiary/aromatic N) is 4. The zero-order chi connectivity index (χ0) is 18.9. The predicted molar refractivity (Wildman–Crippen MR) is 81.6 cm³/mol. The van der Waals surface area contributed by atoms with Crippen molar-refractivity contribution >= 4 is 5.91 Å². The smallest absolute Gasteiger partial charge is 0.435 e.